The van der Waals surface area contributed by atoms with Gasteiger partial charge < -0.3 is 14.5 Å². The van der Waals surface area contributed by atoms with Crippen molar-refractivity contribution in [3.8, 4) is 5.75 Å². The van der Waals surface area contributed by atoms with E-state index in [4.69, 9.17) is 23.2 Å². The van der Waals surface area contributed by atoms with Gasteiger partial charge >= 0.3 is 6.36 Å². The first-order valence-corrected chi connectivity index (χ1v) is 7.48. The molecule has 10 heteroatoms. The van der Waals surface area contributed by atoms with E-state index in [9.17, 15) is 18.0 Å². The van der Waals surface area contributed by atoms with Gasteiger partial charge in [-0.1, -0.05) is 23.2 Å². The van der Waals surface area contributed by atoms with Crippen molar-refractivity contribution in [3.63, 3.8) is 0 Å². The predicted octanol–water partition coefficient (Wildman–Crippen LogP) is 4.79. The van der Waals surface area contributed by atoms with Crippen molar-refractivity contribution in [2.45, 2.75) is 6.36 Å². The van der Waals surface area contributed by atoms with Gasteiger partial charge in [-0.25, -0.2) is 4.98 Å². The van der Waals surface area contributed by atoms with E-state index < -0.39 is 12.3 Å². The highest BCUT2D eigenvalue weighted by Gasteiger charge is 2.31. The summed E-state index contributed by atoms with van der Waals surface area (Å²) >= 11 is 11.9. The highest BCUT2D eigenvalue weighted by molar-refractivity contribution is 6.36. The number of nitrogens with zero attached hydrogens (tertiary/aromatic N) is 2. The van der Waals surface area contributed by atoms with Crippen LogP contribution in [0.15, 0.2) is 42.7 Å². The molecule has 3 rings (SSSR count). The fourth-order valence-corrected chi connectivity index (χ4v) is 2.60. The molecule has 5 nitrogen and oxygen atoms in total. The zero-order chi connectivity index (χ0) is 18.2. The molecule has 1 amide bonds. The maximum Gasteiger partial charge on any atom is 0.573 e. The van der Waals surface area contributed by atoms with Crippen LogP contribution in [-0.4, -0.2) is 21.7 Å². The highest BCUT2D eigenvalue weighted by Crippen LogP contribution is 2.25. The number of anilines is 1. The first-order valence-electron chi connectivity index (χ1n) is 6.72. The van der Waals surface area contributed by atoms with Crippen LogP contribution in [0.3, 0.4) is 0 Å². The number of nitrogens with one attached hydrogen (secondary N) is 1. The fourth-order valence-electron chi connectivity index (χ4n) is 2.07. The Balaban J connectivity index is 1.77. The number of carbonyl (C=O) groups excluding carboxylic acids is 1. The molecule has 0 unspecified atom stereocenters. The van der Waals surface area contributed by atoms with Gasteiger partial charge in [0.25, 0.3) is 5.91 Å². The molecule has 0 radical (unpaired) electrons. The lowest BCUT2D eigenvalue weighted by Gasteiger charge is -2.09. The summed E-state index contributed by atoms with van der Waals surface area (Å²) in [6, 6.07) is 6.22. The van der Waals surface area contributed by atoms with Crippen molar-refractivity contribution >= 4 is 40.4 Å². The van der Waals surface area contributed by atoms with E-state index in [-0.39, 0.29) is 22.2 Å². The molecule has 0 fully saturated rings. The molecule has 25 heavy (non-hydrogen) atoms. The van der Waals surface area contributed by atoms with E-state index in [1.807, 2.05) is 0 Å². The van der Waals surface area contributed by atoms with Crippen molar-refractivity contribution in [2.24, 2.45) is 0 Å². The van der Waals surface area contributed by atoms with E-state index >= 15 is 0 Å². The van der Waals surface area contributed by atoms with Crippen LogP contribution < -0.4 is 10.1 Å². The largest absolute Gasteiger partial charge is 0.573 e. The number of hydrogen-bond acceptors (Lipinski definition) is 3. The standard InChI is InChI=1S/C15H8Cl2F3N3O2/c16-8-5-11(17)13-22-12(7-23(13)6-8)14(24)21-9-1-3-10(4-2-9)25-15(18,19)20/h1-7H,(H,21,24). The lowest BCUT2D eigenvalue weighted by molar-refractivity contribution is -0.274. The molecule has 0 aliphatic carbocycles. The second kappa shape index (κ2) is 6.45. The maximum absolute atomic E-state index is 12.2. The van der Waals surface area contributed by atoms with Crippen LogP contribution in [-0.2, 0) is 0 Å². The molecule has 0 saturated carbocycles. The summed E-state index contributed by atoms with van der Waals surface area (Å²) in [4.78, 5) is 16.3. The molecular weight excluding hydrogens is 382 g/mol. The Labute approximate surface area is 148 Å². The Bertz CT molecular complexity index is 940. The molecule has 1 N–H and O–H groups in total. The van der Waals surface area contributed by atoms with Gasteiger partial charge in [0.05, 0.1) is 10.0 Å². The molecule has 2 aromatic heterocycles. The third-order valence-corrected chi connectivity index (χ3v) is 3.54. The summed E-state index contributed by atoms with van der Waals surface area (Å²) < 4.78 is 41.6. The van der Waals surface area contributed by atoms with Crippen LogP contribution in [0.4, 0.5) is 18.9 Å². The first kappa shape index (κ1) is 17.4. The molecule has 2 heterocycles. The van der Waals surface area contributed by atoms with Gasteiger partial charge in [-0.3, -0.25) is 4.79 Å². The topological polar surface area (TPSA) is 55.6 Å². The summed E-state index contributed by atoms with van der Waals surface area (Å²) in [6.45, 7) is 0. The maximum atomic E-state index is 12.2. The number of halogens is 5. The highest BCUT2D eigenvalue weighted by atomic mass is 35.5. The number of amides is 1. The van der Waals surface area contributed by atoms with Gasteiger partial charge in [0.1, 0.15) is 11.4 Å². The Morgan fingerprint density at radius 2 is 1.84 bits per heavy atom. The van der Waals surface area contributed by atoms with Crippen LogP contribution in [0, 0.1) is 0 Å². The zero-order valence-corrected chi connectivity index (χ0v) is 13.7. The number of hydrogen-bond donors (Lipinski definition) is 1. The lowest BCUT2D eigenvalue weighted by Crippen LogP contribution is -2.17. The molecule has 0 bridgehead atoms. The van der Waals surface area contributed by atoms with Crippen LogP contribution >= 0.6 is 23.2 Å². The van der Waals surface area contributed by atoms with Gasteiger partial charge in [-0.15, -0.1) is 13.2 Å². The summed E-state index contributed by atoms with van der Waals surface area (Å²) in [5.74, 6) is -0.944. The molecule has 1 aromatic carbocycles. The molecule has 0 spiro atoms. The van der Waals surface area contributed by atoms with Gasteiger partial charge in [-0.05, 0) is 30.3 Å². The number of aromatic nitrogens is 2. The normalized spacial score (nSPS) is 11.6. The van der Waals surface area contributed by atoms with E-state index in [2.05, 4.69) is 15.0 Å². The molecule has 0 atom stereocenters. The quantitative estimate of drug-likeness (QED) is 0.700. The molecule has 0 aliphatic rings. The average Bonchev–Trinajstić information content (AvgIpc) is 2.92. The van der Waals surface area contributed by atoms with Gasteiger partial charge in [-0.2, -0.15) is 0 Å². The lowest BCUT2D eigenvalue weighted by atomic mass is 10.3. The molecule has 0 saturated heterocycles. The monoisotopic (exact) mass is 389 g/mol. The van der Waals surface area contributed by atoms with Crippen LogP contribution in [0.1, 0.15) is 10.5 Å². The van der Waals surface area contributed by atoms with Crippen molar-refractivity contribution in [1.82, 2.24) is 9.38 Å². The predicted molar refractivity (Wildman–Crippen MR) is 86.3 cm³/mol. The van der Waals surface area contributed by atoms with Crippen molar-refractivity contribution in [3.05, 3.63) is 58.5 Å². The molecular formula is C15H8Cl2F3N3O2. The van der Waals surface area contributed by atoms with Gasteiger partial charge in [0, 0.05) is 18.1 Å². The summed E-state index contributed by atoms with van der Waals surface area (Å²) in [6.07, 6.45) is -1.80. The SMILES string of the molecule is O=C(Nc1ccc(OC(F)(F)F)cc1)c1cn2cc(Cl)cc(Cl)c2n1. The second-order valence-corrected chi connectivity index (χ2v) is 5.73. The minimum Gasteiger partial charge on any atom is -0.406 e. The number of pyridine rings is 1. The number of alkyl halides is 3. The molecule has 0 aliphatic heterocycles. The molecule has 3 aromatic rings. The number of benzene rings is 1. The Morgan fingerprint density at radius 3 is 2.48 bits per heavy atom. The second-order valence-electron chi connectivity index (χ2n) is 4.89. The Kier molecular flexibility index (Phi) is 4.49. The molecule has 130 valence electrons. The zero-order valence-electron chi connectivity index (χ0n) is 12.1. The minimum absolute atomic E-state index is 0.0692. The van der Waals surface area contributed by atoms with Crippen molar-refractivity contribution < 1.29 is 22.7 Å². The Morgan fingerprint density at radius 1 is 1.16 bits per heavy atom. The minimum atomic E-state index is -4.78. The van der Waals surface area contributed by atoms with Gasteiger partial charge in [0.2, 0.25) is 0 Å². The van der Waals surface area contributed by atoms with Crippen molar-refractivity contribution in [1.29, 1.82) is 0 Å². The van der Waals surface area contributed by atoms with Gasteiger partial charge in [0.15, 0.2) is 5.65 Å². The summed E-state index contributed by atoms with van der Waals surface area (Å²) in [5.41, 5.74) is 0.700. The average molecular weight is 390 g/mol. The third kappa shape index (κ3) is 4.15. The van der Waals surface area contributed by atoms with Crippen LogP contribution in [0.2, 0.25) is 10.0 Å². The number of fused-ring (bicyclic) bond motifs is 1. The van der Waals surface area contributed by atoms with Crippen LogP contribution in [0.25, 0.3) is 5.65 Å². The first-order chi connectivity index (χ1) is 11.7. The Hall–Kier alpha value is -2.45. The number of imidazole rings is 1. The van der Waals surface area contributed by atoms with Crippen molar-refractivity contribution in [2.75, 3.05) is 5.32 Å². The third-order valence-electron chi connectivity index (χ3n) is 3.05. The van der Waals surface area contributed by atoms with E-state index in [1.54, 1.807) is 0 Å². The summed E-state index contributed by atoms with van der Waals surface area (Å²) in [5, 5.41) is 3.17. The number of carbonyl (C=O) groups is 1. The van der Waals surface area contributed by atoms with Crippen LogP contribution in [0.5, 0.6) is 5.75 Å². The number of rotatable bonds is 3. The van der Waals surface area contributed by atoms with E-state index in [0.717, 1.165) is 12.1 Å². The van der Waals surface area contributed by atoms with E-state index in [0.29, 0.717) is 10.7 Å². The fraction of sp³-hybridized carbons (Fsp3) is 0.0667. The smallest absolute Gasteiger partial charge is 0.406 e. The number of ether oxygens (including phenoxy) is 1. The summed E-state index contributed by atoms with van der Waals surface area (Å²) in [7, 11) is 0. The van der Waals surface area contributed by atoms with E-state index in [1.165, 1.54) is 35.0 Å².